The third-order valence-electron chi connectivity index (χ3n) is 4.09. The van der Waals surface area contributed by atoms with E-state index in [0.29, 0.717) is 6.54 Å². The maximum atomic E-state index is 10.0. The van der Waals surface area contributed by atoms with Crippen molar-refractivity contribution in [2.75, 3.05) is 6.61 Å². The summed E-state index contributed by atoms with van der Waals surface area (Å²) < 4.78 is 1.90. The lowest BCUT2D eigenvalue weighted by atomic mass is 9.90. The fourth-order valence-electron chi connectivity index (χ4n) is 2.58. The zero-order chi connectivity index (χ0) is 14.0. The molecule has 0 spiro atoms. The summed E-state index contributed by atoms with van der Waals surface area (Å²) >= 11 is 0. The van der Waals surface area contributed by atoms with Crippen LogP contribution in [0.1, 0.15) is 50.9 Å². The molecular weight excluding hydrogens is 242 g/mol. The van der Waals surface area contributed by atoms with E-state index in [1.807, 2.05) is 31.6 Å². The fourth-order valence-corrected chi connectivity index (χ4v) is 2.58. The summed E-state index contributed by atoms with van der Waals surface area (Å²) in [6.45, 7) is 6.33. The van der Waals surface area contributed by atoms with Gasteiger partial charge in [0, 0.05) is 23.3 Å². The van der Waals surface area contributed by atoms with Crippen LogP contribution in [0, 0.1) is 0 Å². The molecule has 5 nitrogen and oxygen atoms in total. The number of nitrogens with zero attached hydrogens (tertiary/aromatic N) is 2. The Balaban J connectivity index is 2.14. The van der Waals surface area contributed by atoms with Crippen molar-refractivity contribution < 1.29 is 10.2 Å². The first-order valence-electron chi connectivity index (χ1n) is 7.07. The minimum atomic E-state index is -0.737. The van der Waals surface area contributed by atoms with Crippen LogP contribution in [0.25, 0.3) is 0 Å². The number of hydrogen-bond donors (Lipinski definition) is 3. The molecular formula is C14H25N3O2. The average molecular weight is 267 g/mol. The topological polar surface area (TPSA) is 70.3 Å². The van der Waals surface area contributed by atoms with Crippen LogP contribution in [0.2, 0.25) is 0 Å². The van der Waals surface area contributed by atoms with E-state index in [1.54, 1.807) is 0 Å². The summed E-state index contributed by atoms with van der Waals surface area (Å²) in [4.78, 5) is 0. The monoisotopic (exact) mass is 267 g/mol. The van der Waals surface area contributed by atoms with Crippen LogP contribution in [-0.2, 0) is 13.0 Å². The Hall–Kier alpha value is -0.910. The highest BCUT2D eigenvalue weighted by atomic mass is 16.3. The molecule has 5 heteroatoms. The van der Waals surface area contributed by atoms with Crippen LogP contribution in [-0.4, -0.2) is 38.2 Å². The van der Waals surface area contributed by atoms with Crippen LogP contribution in [0.5, 0.6) is 0 Å². The molecule has 0 aliphatic heterocycles. The highest BCUT2D eigenvalue weighted by molar-refractivity contribution is 5.25. The number of rotatable bonds is 5. The highest BCUT2D eigenvalue weighted by Gasteiger charge is 2.29. The van der Waals surface area contributed by atoms with Gasteiger partial charge < -0.3 is 15.5 Å². The molecule has 2 unspecified atom stereocenters. The maximum absolute atomic E-state index is 10.0. The normalized spacial score (nSPS) is 21.2. The largest absolute Gasteiger partial charge is 0.394 e. The van der Waals surface area contributed by atoms with Crippen molar-refractivity contribution in [3.63, 3.8) is 0 Å². The minimum Gasteiger partial charge on any atom is -0.394 e. The minimum absolute atomic E-state index is 0.0182. The predicted octanol–water partition coefficient (Wildman–Crippen LogP) is 1.00. The SMILES string of the molecule is CC(NC1CCCc2c1cnn2CCO)C(C)(C)O. The summed E-state index contributed by atoms with van der Waals surface area (Å²) in [5.74, 6) is 0. The van der Waals surface area contributed by atoms with Crippen molar-refractivity contribution >= 4 is 0 Å². The molecule has 3 N–H and O–H groups in total. The van der Waals surface area contributed by atoms with Gasteiger partial charge in [0.2, 0.25) is 0 Å². The molecule has 0 saturated heterocycles. The first-order valence-corrected chi connectivity index (χ1v) is 7.07. The lowest BCUT2D eigenvalue weighted by Crippen LogP contribution is -2.46. The Kier molecular flexibility index (Phi) is 4.28. The molecule has 1 heterocycles. The van der Waals surface area contributed by atoms with E-state index >= 15 is 0 Å². The van der Waals surface area contributed by atoms with Crippen LogP contribution >= 0.6 is 0 Å². The van der Waals surface area contributed by atoms with Gasteiger partial charge in [-0.25, -0.2) is 0 Å². The van der Waals surface area contributed by atoms with Gasteiger partial charge >= 0.3 is 0 Å². The van der Waals surface area contributed by atoms with E-state index in [0.717, 1.165) is 19.3 Å². The van der Waals surface area contributed by atoms with Crippen molar-refractivity contribution in [3.8, 4) is 0 Å². The molecule has 0 radical (unpaired) electrons. The highest BCUT2D eigenvalue weighted by Crippen LogP contribution is 2.30. The second-order valence-corrected chi connectivity index (χ2v) is 5.98. The van der Waals surface area contributed by atoms with Gasteiger partial charge in [0.05, 0.1) is 24.9 Å². The van der Waals surface area contributed by atoms with Gasteiger partial charge in [-0.2, -0.15) is 5.10 Å². The second-order valence-electron chi connectivity index (χ2n) is 5.98. The number of hydrogen-bond acceptors (Lipinski definition) is 4. The van der Waals surface area contributed by atoms with E-state index in [4.69, 9.17) is 5.11 Å². The lowest BCUT2D eigenvalue weighted by molar-refractivity contribution is 0.0388. The molecule has 1 aromatic heterocycles. The van der Waals surface area contributed by atoms with Crippen LogP contribution in [0.15, 0.2) is 6.20 Å². The molecule has 0 fully saturated rings. The molecule has 0 saturated carbocycles. The molecule has 1 aliphatic carbocycles. The molecule has 108 valence electrons. The van der Waals surface area contributed by atoms with E-state index in [9.17, 15) is 5.11 Å². The quantitative estimate of drug-likeness (QED) is 0.744. The van der Waals surface area contributed by atoms with Crippen molar-refractivity contribution in [1.82, 2.24) is 15.1 Å². The second kappa shape index (κ2) is 5.61. The molecule has 1 aromatic rings. The van der Waals surface area contributed by atoms with E-state index in [2.05, 4.69) is 10.4 Å². The third-order valence-corrected chi connectivity index (χ3v) is 4.09. The molecule has 2 rings (SSSR count). The summed E-state index contributed by atoms with van der Waals surface area (Å²) in [6, 6.07) is 0.266. The van der Waals surface area contributed by atoms with Crippen molar-refractivity contribution in [1.29, 1.82) is 0 Å². The van der Waals surface area contributed by atoms with E-state index in [-0.39, 0.29) is 18.7 Å². The molecule has 2 atom stereocenters. The van der Waals surface area contributed by atoms with Crippen LogP contribution < -0.4 is 5.32 Å². The predicted molar refractivity (Wildman–Crippen MR) is 73.9 cm³/mol. The summed E-state index contributed by atoms with van der Waals surface area (Å²) in [5, 5.41) is 27.0. The molecule has 0 bridgehead atoms. The molecule has 1 aliphatic rings. The van der Waals surface area contributed by atoms with E-state index < -0.39 is 5.60 Å². The van der Waals surface area contributed by atoms with Gasteiger partial charge in [-0.1, -0.05) is 0 Å². The molecule has 19 heavy (non-hydrogen) atoms. The number of fused-ring (bicyclic) bond motifs is 1. The van der Waals surface area contributed by atoms with Crippen molar-refractivity contribution in [3.05, 3.63) is 17.5 Å². The van der Waals surface area contributed by atoms with Gasteiger partial charge in [-0.3, -0.25) is 4.68 Å². The van der Waals surface area contributed by atoms with E-state index in [1.165, 1.54) is 11.3 Å². The fraction of sp³-hybridized carbons (Fsp3) is 0.786. The third kappa shape index (κ3) is 3.16. The summed E-state index contributed by atoms with van der Waals surface area (Å²) in [6.07, 6.45) is 5.10. The zero-order valence-electron chi connectivity index (χ0n) is 12.1. The number of aromatic nitrogens is 2. The Morgan fingerprint density at radius 3 is 2.95 bits per heavy atom. The van der Waals surface area contributed by atoms with Crippen LogP contribution in [0.4, 0.5) is 0 Å². The van der Waals surface area contributed by atoms with Gasteiger partial charge in [-0.15, -0.1) is 0 Å². The lowest BCUT2D eigenvalue weighted by Gasteiger charge is -2.33. The Bertz CT molecular complexity index is 423. The Morgan fingerprint density at radius 1 is 1.58 bits per heavy atom. The Morgan fingerprint density at radius 2 is 2.32 bits per heavy atom. The number of nitrogens with one attached hydrogen (secondary N) is 1. The van der Waals surface area contributed by atoms with Crippen LogP contribution in [0.3, 0.4) is 0 Å². The van der Waals surface area contributed by atoms with Crippen molar-refractivity contribution in [2.45, 2.75) is 64.3 Å². The van der Waals surface area contributed by atoms with Gasteiger partial charge in [0.1, 0.15) is 0 Å². The summed E-state index contributed by atoms with van der Waals surface area (Å²) in [5.41, 5.74) is 1.70. The maximum Gasteiger partial charge on any atom is 0.0741 e. The molecule has 0 aromatic carbocycles. The van der Waals surface area contributed by atoms with Crippen molar-refractivity contribution in [2.24, 2.45) is 0 Å². The number of aliphatic hydroxyl groups excluding tert-OH is 1. The average Bonchev–Trinajstić information content (AvgIpc) is 2.73. The number of aliphatic hydroxyl groups is 2. The zero-order valence-corrected chi connectivity index (χ0v) is 12.1. The van der Waals surface area contributed by atoms with Gasteiger partial charge in [0.15, 0.2) is 0 Å². The first kappa shape index (κ1) is 14.5. The van der Waals surface area contributed by atoms with Gasteiger partial charge in [-0.05, 0) is 40.0 Å². The van der Waals surface area contributed by atoms with Gasteiger partial charge in [0.25, 0.3) is 0 Å². The smallest absolute Gasteiger partial charge is 0.0741 e. The Labute approximate surface area is 114 Å². The first-order chi connectivity index (χ1) is 8.93. The molecule has 0 amide bonds. The standard InChI is InChI=1S/C14H25N3O2/c1-10(14(2,3)19)16-12-5-4-6-13-11(12)9-15-17(13)7-8-18/h9-10,12,16,18-19H,4-8H2,1-3H3. The summed E-state index contributed by atoms with van der Waals surface area (Å²) in [7, 11) is 0.